The van der Waals surface area contributed by atoms with Crippen molar-refractivity contribution in [2.75, 3.05) is 5.75 Å². The summed E-state index contributed by atoms with van der Waals surface area (Å²) < 4.78 is 1.85. The number of fused-ring (bicyclic) bond motifs is 1. The molecule has 5 nitrogen and oxygen atoms in total. The minimum atomic E-state index is -0.0477. The number of hydrogen-bond donors (Lipinski definition) is 1. The van der Waals surface area contributed by atoms with Crippen molar-refractivity contribution in [1.29, 1.82) is 0 Å². The Kier molecular flexibility index (Phi) is 6.35. The fourth-order valence-electron chi connectivity index (χ4n) is 3.91. The molecule has 7 heteroatoms. The predicted octanol–water partition coefficient (Wildman–Crippen LogP) is 4.93. The molecule has 0 radical (unpaired) electrons. The maximum atomic E-state index is 13.2. The molecule has 1 unspecified atom stereocenters. The van der Waals surface area contributed by atoms with Gasteiger partial charge in [0.05, 0.1) is 22.7 Å². The van der Waals surface area contributed by atoms with Crippen LogP contribution in [0, 0.1) is 0 Å². The molecular weight excluding hydrogens is 402 g/mol. The summed E-state index contributed by atoms with van der Waals surface area (Å²) in [6.07, 6.45) is 5.47. The maximum absolute atomic E-state index is 13.2. The van der Waals surface area contributed by atoms with Crippen LogP contribution < -0.4 is 10.9 Å². The number of hydrogen-bond acceptors (Lipinski definition) is 5. The molecule has 0 saturated heterocycles. The highest BCUT2D eigenvalue weighted by Crippen LogP contribution is 2.31. The molecule has 0 bridgehead atoms. The molecule has 1 N–H and O–H groups in total. The van der Waals surface area contributed by atoms with Gasteiger partial charge in [0.2, 0.25) is 5.91 Å². The van der Waals surface area contributed by atoms with Gasteiger partial charge in [0, 0.05) is 10.9 Å². The molecule has 1 amide bonds. The first-order chi connectivity index (χ1) is 14.1. The number of carbonyl (C=O) groups is 1. The summed E-state index contributed by atoms with van der Waals surface area (Å²) in [6, 6.07) is 11.6. The first-order valence-electron chi connectivity index (χ1n) is 10.1. The van der Waals surface area contributed by atoms with E-state index in [0.29, 0.717) is 16.1 Å². The molecule has 152 valence electrons. The summed E-state index contributed by atoms with van der Waals surface area (Å²) in [5.41, 5.74) is 0.705. The molecule has 4 rings (SSSR count). The largest absolute Gasteiger partial charge is 0.348 e. The fraction of sp³-hybridized carbons (Fsp3) is 0.409. The van der Waals surface area contributed by atoms with Crippen LogP contribution >= 0.6 is 23.1 Å². The van der Waals surface area contributed by atoms with Gasteiger partial charge < -0.3 is 5.32 Å². The molecule has 2 heterocycles. The third kappa shape index (κ3) is 4.56. The Balaban J connectivity index is 1.57. The summed E-state index contributed by atoms with van der Waals surface area (Å²) in [7, 11) is 0. The lowest BCUT2D eigenvalue weighted by molar-refractivity contribution is -0.119. The van der Waals surface area contributed by atoms with E-state index in [1.165, 1.54) is 18.2 Å². The minimum Gasteiger partial charge on any atom is -0.348 e. The number of amides is 1. The molecule has 1 aromatic carbocycles. The lowest BCUT2D eigenvalue weighted by Gasteiger charge is -2.26. The predicted molar refractivity (Wildman–Crippen MR) is 120 cm³/mol. The van der Waals surface area contributed by atoms with E-state index in [1.54, 1.807) is 11.3 Å². The van der Waals surface area contributed by atoms with Crippen molar-refractivity contribution in [1.82, 2.24) is 14.9 Å². The molecule has 1 fully saturated rings. The minimum absolute atomic E-state index is 0.0114. The van der Waals surface area contributed by atoms with Gasteiger partial charge in [-0.05, 0) is 43.3 Å². The Morgan fingerprint density at radius 3 is 2.79 bits per heavy atom. The zero-order valence-corrected chi connectivity index (χ0v) is 18.1. The van der Waals surface area contributed by atoms with Gasteiger partial charge in [0.1, 0.15) is 0 Å². The lowest BCUT2D eigenvalue weighted by Crippen LogP contribution is -2.30. The highest BCUT2D eigenvalue weighted by Gasteiger charge is 2.22. The van der Waals surface area contributed by atoms with Crippen LogP contribution in [0.2, 0.25) is 0 Å². The van der Waals surface area contributed by atoms with Crippen LogP contribution in [-0.2, 0) is 4.79 Å². The number of rotatable bonds is 6. The Morgan fingerprint density at radius 1 is 1.24 bits per heavy atom. The highest BCUT2D eigenvalue weighted by molar-refractivity contribution is 7.99. The number of thioether (sulfide) groups is 1. The van der Waals surface area contributed by atoms with Crippen molar-refractivity contribution in [3.8, 4) is 0 Å². The number of nitrogens with zero attached hydrogens (tertiary/aromatic N) is 2. The Labute approximate surface area is 178 Å². The normalized spacial score (nSPS) is 16.0. The number of thiophene rings is 1. The first kappa shape index (κ1) is 20.2. The average molecular weight is 428 g/mol. The second kappa shape index (κ2) is 9.13. The van der Waals surface area contributed by atoms with Crippen molar-refractivity contribution in [2.24, 2.45) is 0 Å². The highest BCUT2D eigenvalue weighted by atomic mass is 32.2. The topological polar surface area (TPSA) is 64.0 Å². The van der Waals surface area contributed by atoms with E-state index in [4.69, 9.17) is 4.98 Å². The maximum Gasteiger partial charge on any atom is 0.262 e. The van der Waals surface area contributed by atoms with E-state index >= 15 is 0 Å². The third-order valence-corrected chi connectivity index (χ3v) is 7.40. The Morgan fingerprint density at radius 2 is 2.03 bits per heavy atom. The van der Waals surface area contributed by atoms with Gasteiger partial charge in [-0.2, -0.15) is 0 Å². The standard InChI is InChI=1S/C22H25N3O2S2/c1-15(19-12-7-13-28-19)23-20(26)14-29-22-24-18-11-6-5-10-17(18)21(27)25(22)16-8-3-2-4-9-16/h5-7,10-13,15-16H,2-4,8-9,14H2,1H3,(H,23,26). The average Bonchev–Trinajstić information content (AvgIpc) is 3.28. The van der Waals surface area contributed by atoms with Crippen molar-refractivity contribution in [3.63, 3.8) is 0 Å². The van der Waals surface area contributed by atoms with Crippen LogP contribution in [0.25, 0.3) is 10.9 Å². The zero-order chi connectivity index (χ0) is 20.2. The summed E-state index contributed by atoms with van der Waals surface area (Å²) in [6.45, 7) is 1.99. The molecule has 3 aromatic rings. The molecule has 1 saturated carbocycles. The van der Waals surface area contributed by atoms with Crippen molar-refractivity contribution in [2.45, 2.75) is 56.3 Å². The van der Waals surface area contributed by atoms with Gasteiger partial charge in [0.25, 0.3) is 5.56 Å². The van der Waals surface area contributed by atoms with Crippen LogP contribution in [0.3, 0.4) is 0 Å². The quantitative estimate of drug-likeness (QED) is 0.447. The van der Waals surface area contributed by atoms with Crippen molar-refractivity contribution in [3.05, 3.63) is 57.0 Å². The van der Waals surface area contributed by atoms with E-state index in [2.05, 4.69) is 5.32 Å². The number of para-hydroxylation sites is 1. The molecule has 1 aliphatic rings. The monoisotopic (exact) mass is 427 g/mol. The summed E-state index contributed by atoms with van der Waals surface area (Å²) in [4.78, 5) is 31.6. The van der Waals surface area contributed by atoms with Crippen molar-refractivity contribution >= 4 is 39.9 Å². The molecule has 1 atom stereocenters. The van der Waals surface area contributed by atoms with Crippen LogP contribution in [0.5, 0.6) is 0 Å². The van der Waals surface area contributed by atoms with E-state index < -0.39 is 0 Å². The smallest absolute Gasteiger partial charge is 0.262 e. The molecule has 0 aliphatic heterocycles. The second-order valence-electron chi connectivity index (χ2n) is 7.47. The number of benzene rings is 1. The van der Waals surface area contributed by atoms with E-state index in [-0.39, 0.29) is 29.3 Å². The zero-order valence-electron chi connectivity index (χ0n) is 16.5. The van der Waals surface area contributed by atoms with Gasteiger partial charge in [-0.25, -0.2) is 4.98 Å². The molecule has 1 aliphatic carbocycles. The van der Waals surface area contributed by atoms with Crippen LogP contribution in [-0.4, -0.2) is 21.2 Å². The second-order valence-corrected chi connectivity index (χ2v) is 9.39. The van der Waals surface area contributed by atoms with Gasteiger partial charge >= 0.3 is 0 Å². The van der Waals surface area contributed by atoms with E-state index in [9.17, 15) is 9.59 Å². The van der Waals surface area contributed by atoms with E-state index in [1.807, 2.05) is 53.3 Å². The number of nitrogens with one attached hydrogen (secondary N) is 1. The molecular formula is C22H25N3O2S2. The van der Waals surface area contributed by atoms with Crippen LogP contribution in [0.1, 0.15) is 56.0 Å². The van der Waals surface area contributed by atoms with Gasteiger partial charge in [-0.15, -0.1) is 11.3 Å². The lowest BCUT2D eigenvalue weighted by atomic mass is 9.95. The summed E-state index contributed by atoms with van der Waals surface area (Å²) in [5, 5.41) is 6.35. The van der Waals surface area contributed by atoms with Gasteiger partial charge in [-0.3, -0.25) is 14.2 Å². The number of aromatic nitrogens is 2. The summed E-state index contributed by atoms with van der Waals surface area (Å²) >= 11 is 2.99. The summed E-state index contributed by atoms with van der Waals surface area (Å²) in [5.74, 6) is 0.196. The van der Waals surface area contributed by atoms with Crippen LogP contribution in [0.15, 0.2) is 51.7 Å². The third-order valence-electron chi connectivity index (χ3n) is 5.40. The van der Waals surface area contributed by atoms with Crippen LogP contribution in [0.4, 0.5) is 0 Å². The Bertz CT molecular complexity index is 1040. The first-order valence-corrected chi connectivity index (χ1v) is 12.0. The Hall–Kier alpha value is -2.12. The van der Waals surface area contributed by atoms with Gasteiger partial charge in [-0.1, -0.05) is 49.2 Å². The van der Waals surface area contributed by atoms with E-state index in [0.717, 1.165) is 30.6 Å². The SMILES string of the molecule is CC(NC(=O)CSc1nc2ccccc2c(=O)n1C1CCCCC1)c1cccs1. The molecule has 2 aromatic heterocycles. The number of carbonyl (C=O) groups excluding carboxylic acids is 1. The molecule has 0 spiro atoms. The fourth-order valence-corrected chi connectivity index (χ4v) is 5.52. The van der Waals surface area contributed by atoms with Crippen molar-refractivity contribution < 1.29 is 4.79 Å². The molecule has 29 heavy (non-hydrogen) atoms. The van der Waals surface area contributed by atoms with Gasteiger partial charge in [0.15, 0.2) is 5.16 Å².